The molecule has 18 heteroatoms. The highest BCUT2D eigenvalue weighted by molar-refractivity contribution is 5.98. The van der Waals surface area contributed by atoms with Gasteiger partial charge in [0.2, 0.25) is 35.4 Å². The Morgan fingerprint density at radius 1 is 0.836 bits per heavy atom. The van der Waals surface area contributed by atoms with Gasteiger partial charge in [0.05, 0.1) is 31.8 Å². The molecular formula is C43H62N6O12. The molecule has 336 valence electrons. The fourth-order valence-electron chi connectivity index (χ4n) is 6.70. The van der Waals surface area contributed by atoms with Gasteiger partial charge in [-0.15, -0.1) is 0 Å². The van der Waals surface area contributed by atoms with Crippen molar-refractivity contribution in [2.24, 2.45) is 17.8 Å². The number of methoxy groups -OCH3 is 1. The Kier molecular flexibility index (Phi) is 18.6. The lowest BCUT2D eigenvalue weighted by molar-refractivity contribution is -0.157. The number of carbonyl (C=O) groups is 7. The smallest absolute Gasteiger partial charge is 0.331 e. The third kappa shape index (κ3) is 13.2. The number of cyclic esters (lactones) is 1. The van der Waals surface area contributed by atoms with Crippen LogP contribution in [0.3, 0.4) is 0 Å². The third-order valence-electron chi connectivity index (χ3n) is 11.0. The molecule has 0 aromatic heterocycles. The first kappa shape index (κ1) is 49.8. The maximum Gasteiger partial charge on any atom is 0.331 e. The molecular weight excluding hydrogens is 793 g/mol. The van der Waals surface area contributed by atoms with Gasteiger partial charge in [-0.2, -0.15) is 0 Å². The lowest BCUT2D eigenvalue weighted by Gasteiger charge is -2.34. The molecule has 2 aromatic carbocycles. The molecule has 0 aliphatic carbocycles. The minimum Gasteiger partial charge on any atom is -0.497 e. The molecule has 0 radical (unpaired) electrons. The zero-order valence-electron chi connectivity index (χ0n) is 36.2. The van der Waals surface area contributed by atoms with E-state index in [1.165, 1.54) is 34.9 Å². The molecule has 0 spiro atoms. The minimum absolute atomic E-state index is 0.0821. The van der Waals surface area contributed by atoms with Gasteiger partial charge in [0.25, 0.3) is 0 Å². The second kappa shape index (κ2) is 22.9. The van der Waals surface area contributed by atoms with Gasteiger partial charge in [0.1, 0.15) is 42.1 Å². The van der Waals surface area contributed by atoms with Crippen molar-refractivity contribution in [1.29, 1.82) is 0 Å². The van der Waals surface area contributed by atoms with Gasteiger partial charge < -0.3 is 56.3 Å². The number of ether oxygens (including phenoxy) is 2. The van der Waals surface area contributed by atoms with Crippen LogP contribution in [0.25, 0.3) is 0 Å². The van der Waals surface area contributed by atoms with Gasteiger partial charge in [-0.3, -0.25) is 28.8 Å². The highest BCUT2D eigenvalue weighted by Gasteiger charge is 2.41. The summed E-state index contributed by atoms with van der Waals surface area (Å²) in [4.78, 5) is 99.5. The number of esters is 1. The van der Waals surface area contributed by atoms with Gasteiger partial charge in [-0.1, -0.05) is 83.5 Å². The monoisotopic (exact) mass is 854 g/mol. The number of nitrogens with zero attached hydrogens (tertiary/aromatic N) is 1. The van der Waals surface area contributed by atoms with Crippen LogP contribution in [0.2, 0.25) is 0 Å². The molecule has 8 N–H and O–H groups in total. The van der Waals surface area contributed by atoms with Crippen molar-refractivity contribution in [2.75, 3.05) is 20.8 Å². The molecule has 1 aliphatic heterocycles. The molecule has 1 aliphatic rings. The standard InChI is InChI=1S/C43H62N6O12/c1-10-23(4)32-39(55)48-35(28-16-18-29(60-9)19-17-28)42(58)49(8)31(20-27-14-12-11-13-15-27)38(54)46-33(25(6)51)40(56)44-30(21-50)43(59)61-26(7)34(41(57)45-32)47-37(53)24(5)36(52)22(2)3/h11-19,22-26,30-36,50-52H,10,20-21H2,1-9H3,(H,44,56)(H,45,57)(H,46,54)(H,47,53)(H,48,55)/t23-,24+,25+,26+,30-,31-,32+,33+,34-,35-,36+/m0/s1. The van der Waals surface area contributed by atoms with Gasteiger partial charge in [0.15, 0.2) is 6.04 Å². The Bertz CT molecular complexity index is 1830. The molecule has 61 heavy (non-hydrogen) atoms. The van der Waals surface area contributed by atoms with Crippen molar-refractivity contribution < 1.29 is 58.4 Å². The number of aliphatic hydroxyl groups is 3. The van der Waals surface area contributed by atoms with Crippen LogP contribution in [-0.2, 0) is 44.7 Å². The summed E-state index contributed by atoms with van der Waals surface area (Å²) in [6.07, 6.45) is -3.94. The lowest BCUT2D eigenvalue weighted by atomic mass is 9.93. The van der Waals surface area contributed by atoms with Crippen LogP contribution in [0.5, 0.6) is 5.75 Å². The van der Waals surface area contributed by atoms with Crippen molar-refractivity contribution in [2.45, 2.75) is 116 Å². The Hall–Kier alpha value is -5.59. The maximum atomic E-state index is 14.8. The molecule has 2 aromatic rings. The maximum absolute atomic E-state index is 14.8. The van der Waals surface area contributed by atoms with Crippen molar-refractivity contribution in [3.63, 3.8) is 0 Å². The number of hydrogen-bond acceptors (Lipinski definition) is 12. The predicted molar refractivity (Wildman–Crippen MR) is 222 cm³/mol. The van der Waals surface area contributed by atoms with Gasteiger partial charge in [-0.05, 0) is 48.9 Å². The van der Waals surface area contributed by atoms with Crippen LogP contribution in [0.15, 0.2) is 54.6 Å². The summed E-state index contributed by atoms with van der Waals surface area (Å²) >= 11 is 0. The summed E-state index contributed by atoms with van der Waals surface area (Å²) in [6, 6.07) is 5.55. The first-order valence-electron chi connectivity index (χ1n) is 20.4. The van der Waals surface area contributed by atoms with Crippen LogP contribution in [-0.4, -0.2) is 131 Å². The molecule has 3 rings (SSSR count). The molecule has 6 amide bonds. The minimum atomic E-state index is -1.79. The molecule has 0 saturated carbocycles. The lowest BCUT2D eigenvalue weighted by Crippen LogP contribution is -2.61. The fraction of sp³-hybridized carbons (Fsp3) is 0.558. The summed E-state index contributed by atoms with van der Waals surface area (Å²) in [6.45, 7) is 9.75. The topological polar surface area (TPSA) is 262 Å². The molecule has 1 heterocycles. The number of amides is 6. The van der Waals surface area contributed by atoms with Crippen LogP contribution >= 0.6 is 0 Å². The van der Waals surface area contributed by atoms with E-state index in [4.69, 9.17) is 9.47 Å². The van der Waals surface area contributed by atoms with E-state index in [1.807, 2.05) is 0 Å². The third-order valence-corrected chi connectivity index (χ3v) is 11.0. The molecule has 1 saturated heterocycles. The molecule has 1 fully saturated rings. The number of hydrogen-bond donors (Lipinski definition) is 8. The number of aliphatic hydroxyl groups excluding tert-OH is 3. The normalized spacial score (nSPS) is 25.9. The van der Waals surface area contributed by atoms with Gasteiger partial charge >= 0.3 is 5.97 Å². The van der Waals surface area contributed by atoms with Crippen molar-refractivity contribution >= 4 is 41.4 Å². The summed E-state index contributed by atoms with van der Waals surface area (Å²) in [5.41, 5.74) is 0.903. The summed E-state index contributed by atoms with van der Waals surface area (Å²) in [5, 5.41) is 44.3. The Balaban J connectivity index is 2.25. The number of likely N-dealkylation sites (N-methyl/N-ethyl adjacent to an activating group) is 1. The van der Waals surface area contributed by atoms with Gasteiger partial charge in [0, 0.05) is 13.5 Å². The first-order chi connectivity index (χ1) is 28.7. The molecule has 18 nitrogen and oxygen atoms in total. The molecule has 0 unspecified atom stereocenters. The van der Waals surface area contributed by atoms with E-state index in [0.29, 0.717) is 17.7 Å². The number of rotatable bonds is 12. The van der Waals surface area contributed by atoms with Crippen LogP contribution < -0.4 is 31.3 Å². The van der Waals surface area contributed by atoms with E-state index >= 15 is 0 Å². The Morgan fingerprint density at radius 3 is 1.97 bits per heavy atom. The second-order valence-corrected chi connectivity index (χ2v) is 15.9. The van der Waals surface area contributed by atoms with Crippen molar-refractivity contribution in [1.82, 2.24) is 31.5 Å². The quantitative estimate of drug-likeness (QED) is 0.130. The van der Waals surface area contributed by atoms with Crippen LogP contribution in [0, 0.1) is 17.8 Å². The first-order valence-corrected chi connectivity index (χ1v) is 20.4. The van der Waals surface area contributed by atoms with E-state index in [-0.39, 0.29) is 17.9 Å². The SMILES string of the molecule is CC[C@H](C)[C@H]1NC(=O)[C@@H](NC(=O)[C@H](C)[C@H](O)C(C)C)[C@@H](C)OC(=O)[C@H](CO)NC(=O)[C@@H]([C@@H](C)O)NC(=O)[C@H](Cc2ccccc2)N(C)C(=O)[C@H](c2ccc(OC)cc2)NC1=O. The predicted octanol–water partition coefficient (Wildman–Crippen LogP) is -0.121. The fourth-order valence-corrected chi connectivity index (χ4v) is 6.70. The van der Waals surface area contributed by atoms with Crippen LogP contribution in [0.4, 0.5) is 0 Å². The van der Waals surface area contributed by atoms with E-state index < -0.39 is 114 Å². The van der Waals surface area contributed by atoms with Crippen LogP contribution in [0.1, 0.15) is 72.1 Å². The second-order valence-electron chi connectivity index (χ2n) is 15.9. The highest BCUT2D eigenvalue weighted by atomic mass is 16.5. The number of nitrogens with one attached hydrogen (secondary N) is 5. The summed E-state index contributed by atoms with van der Waals surface area (Å²) < 4.78 is 10.9. The van der Waals surface area contributed by atoms with E-state index in [0.717, 1.165) is 4.90 Å². The summed E-state index contributed by atoms with van der Waals surface area (Å²) in [5.74, 6) is -8.09. The zero-order valence-corrected chi connectivity index (χ0v) is 36.2. The van der Waals surface area contributed by atoms with E-state index in [9.17, 15) is 48.9 Å². The van der Waals surface area contributed by atoms with Crippen molar-refractivity contribution in [3.8, 4) is 5.75 Å². The largest absolute Gasteiger partial charge is 0.497 e. The highest BCUT2D eigenvalue weighted by Crippen LogP contribution is 2.23. The number of carbonyl (C=O) groups excluding carboxylic acids is 7. The summed E-state index contributed by atoms with van der Waals surface area (Å²) in [7, 11) is 2.80. The number of benzene rings is 2. The average Bonchev–Trinajstić information content (AvgIpc) is 3.24. The molecule has 0 bridgehead atoms. The van der Waals surface area contributed by atoms with E-state index in [2.05, 4.69) is 26.6 Å². The van der Waals surface area contributed by atoms with Gasteiger partial charge in [-0.25, -0.2) is 4.79 Å². The zero-order chi connectivity index (χ0) is 45.7. The van der Waals surface area contributed by atoms with Crippen molar-refractivity contribution in [3.05, 3.63) is 65.7 Å². The Morgan fingerprint density at radius 2 is 1.43 bits per heavy atom. The Labute approximate surface area is 356 Å². The molecule has 11 atom stereocenters. The average molecular weight is 855 g/mol. The van der Waals surface area contributed by atoms with E-state index in [1.54, 1.807) is 82.3 Å².